The minimum atomic E-state index is -0.458. The molecule has 10 heteroatoms. The Kier molecular flexibility index (Phi) is 16.3. The summed E-state index contributed by atoms with van der Waals surface area (Å²) in [5, 5.41) is 5.82. The zero-order valence-corrected chi connectivity index (χ0v) is 30.4. The second-order valence-electron chi connectivity index (χ2n) is 15.0. The molecule has 256 valence electrons. The molecule has 0 spiro atoms. The van der Waals surface area contributed by atoms with Crippen molar-refractivity contribution in [3.05, 3.63) is 0 Å². The number of hydrogen-bond acceptors (Lipinski definition) is 8. The van der Waals surface area contributed by atoms with Crippen molar-refractivity contribution in [3.63, 3.8) is 0 Å². The molecule has 3 fully saturated rings. The predicted molar refractivity (Wildman–Crippen MR) is 187 cm³/mol. The number of amides is 2. The molecule has 0 aromatic rings. The highest BCUT2D eigenvalue weighted by Crippen LogP contribution is 2.36. The van der Waals surface area contributed by atoms with E-state index < -0.39 is 11.2 Å². The molecule has 2 saturated carbocycles. The van der Waals surface area contributed by atoms with Gasteiger partial charge in [0.1, 0.15) is 11.2 Å². The van der Waals surface area contributed by atoms with Gasteiger partial charge in [0.05, 0.1) is 0 Å². The summed E-state index contributed by atoms with van der Waals surface area (Å²) in [5.41, 5.74) is -0.917. The summed E-state index contributed by atoms with van der Waals surface area (Å²) in [5.74, 6) is 5.67. The maximum Gasteiger partial charge on any atom is 0.407 e. The fourth-order valence-corrected chi connectivity index (χ4v) is 8.70. The van der Waals surface area contributed by atoms with E-state index in [9.17, 15) is 9.59 Å². The quantitative estimate of drug-likeness (QED) is 0.193. The van der Waals surface area contributed by atoms with E-state index in [0.717, 1.165) is 47.9 Å². The van der Waals surface area contributed by atoms with Crippen LogP contribution in [0, 0.1) is 11.8 Å². The Balaban J connectivity index is 1.52. The lowest BCUT2D eigenvalue weighted by Crippen LogP contribution is -2.63. The average Bonchev–Trinajstić information content (AvgIpc) is 2.96. The molecule has 0 radical (unpaired) electrons. The average molecular weight is 657 g/mol. The number of carbonyl (C=O) groups excluding carboxylic acids is 2. The third-order valence-electron chi connectivity index (χ3n) is 9.04. The second kappa shape index (κ2) is 19.1. The molecule has 0 aromatic heterocycles. The first-order chi connectivity index (χ1) is 20.9. The van der Waals surface area contributed by atoms with Crippen LogP contribution in [0.2, 0.25) is 0 Å². The molecule has 0 aromatic carbocycles. The molecular weight excluding hydrogens is 593 g/mol. The van der Waals surface area contributed by atoms with Crippen LogP contribution >= 0.6 is 23.5 Å². The van der Waals surface area contributed by atoms with Gasteiger partial charge >= 0.3 is 12.2 Å². The van der Waals surface area contributed by atoms with E-state index in [0.29, 0.717) is 25.2 Å². The van der Waals surface area contributed by atoms with Crippen LogP contribution in [0.15, 0.2) is 0 Å². The monoisotopic (exact) mass is 656 g/mol. The first kappa shape index (κ1) is 37.6. The minimum Gasteiger partial charge on any atom is -0.444 e. The fourth-order valence-electron chi connectivity index (χ4n) is 7.08. The van der Waals surface area contributed by atoms with Gasteiger partial charge in [-0.3, -0.25) is 9.80 Å². The number of thioether (sulfide) groups is 2. The van der Waals surface area contributed by atoms with Gasteiger partial charge in [0.25, 0.3) is 0 Å². The van der Waals surface area contributed by atoms with E-state index in [4.69, 9.17) is 9.47 Å². The number of nitrogens with one attached hydrogen (secondary N) is 2. The van der Waals surface area contributed by atoms with Gasteiger partial charge in [0.15, 0.2) is 0 Å². The standard InChI is InChI=1S/C34H64N4O4S2/c1-33(2,3)41-31(39)35-17-21-43-23-19-37-25-30(28-15-11-8-12-16-28)38(26-29(37)27-13-9-7-10-14-27)20-24-44-22-18-36-32(40)42-34(4,5)6/h27-30H,7-26H2,1-6H3,(H,35,39)(H,36,40). The summed E-state index contributed by atoms with van der Waals surface area (Å²) in [4.78, 5) is 29.8. The molecule has 3 rings (SSSR count). The summed E-state index contributed by atoms with van der Waals surface area (Å²) in [6.07, 6.45) is 13.2. The number of nitrogens with zero attached hydrogens (tertiary/aromatic N) is 2. The topological polar surface area (TPSA) is 83.1 Å². The maximum atomic E-state index is 12.0. The second-order valence-corrected chi connectivity index (χ2v) is 17.5. The summed E-state index contributed by atoms with van der Waals surface area (Å²) in [6.45, 7) is 17.4. The van der Waals surface area contributed by atoms with Crippen molar-refractivity contribution < 1.29 is 19.1 Å². The predicted octanol–water partition coefficient (Wildman–Crippen LogP) is 7.02. The molecule has 8 nitrogen and oxygen atoms in total. The van der Waals surface area contributed by atoms with E-state index in [-0.39, 0.29) is 12.2 Å². The molecule has 2 amide bonds. The Morgan fingerprint density at radius 3 is 1.32 bits per heavy atom. The van der Waals surface area contributed by atoms with Gasteiger partial charge < -0.3 is 20.1 Å². The van der Waals surface area contributed by atoms with Crippen molar-refractivity contribution in [2.75, 3.05) is 62.3 Å². The molecular formula is C34H64N4O4S2. The fraction of sp³-hybridized carbons (Fsp3) is 0.941. The molecule has 2 unspecified atom stereocenters. The van der Waals surface area contributed by atoms with Crippen LogP contribution in [0.3, 0.4) is 0 Å². The molecule has 2 atom stereocenters. The van der Waals surface area contributed by atoms with Crippen LogP contribution in [-0.4, -0.2) is 108 Å². The summed E-state index contributed by atoms with van der Waals surface area (Å²) in [6, 6.07) is 1.30. The van der Waals surface area contributed by atoms with Gasteiger partial charge in [-0.05, 0) is 79.1 Å². The summed E-state index contributed by atoms with van der Waals surface area (Å²) in [7, 11) is 0. The Hall–Kier alpha value is -0.840. The molecule has 3 aliphatic rings. The number of hydrogen-bond donors (Lipinski definition) is 2. The van der Waals surface area contributed by atoms with Crippen molar-refractivity contribution in [1.82, 2.24) is 20.4 Å². The van der Waals surface area contributed by atoms with Crippen molar-refractivity contribution in [1.29, 1.82) is 0 Å². The number of rotatable bonds is 14. The van der Waals surface area contributed by atoms with Crippen molar-refractivity contribution in [2.45, 2.75) is 129 Å². The lowest BCUT2D eigenvalue weighted by atomic mass is 9.78. The van der Waals surface area contributed by atoms with Gasteiger partial charge in [-0.25, -0.2) is 9.59 Å². The van der Waals surface area contributed by atoms with Crippen LogP contribution in [0.5, 0.6) is 0 Å². The number of alkyl carbamates (subject to hydrolysis) is 2. The van der Waals surface area contributed by atoms with Crippen LogP contribution < -0.4 is 10.6 Å². The smallest absolute Gasteiger partial charge is 0.407 e. The zero-order chi connectivity index (χ0) is 32.0. The van der Waals surface area contributed by atoms with Crippen molar-refractivity contribution >= 4 is 35.7 Å². The van der Waals surface area contributed by atoms with E-state index in [1.165, 1.54) is 77.3 Å². The van der Waals surface area contributed by atoms with E-state index >= 15 is 0 Å². The lowest BCUT2D eigenvalue weighted by Gasteiger charge is -2.52. The SMILES string of the molecule is CC(C)(C)OC(=O)NCCSCCN1CC(C2CCCCC2)N(CCSCCNC(=O)OC(C)(C)C)CC1C1CCCCC1. The van der Waals surface area contributed by atoms with Crippen LogP contribution in [0.25, 0.3) is 0 Å². The molecule has 2 N–H and O–H groups in total. The first-order valence-corrected chi connectivity index (χ1v) is 19.8. The van der Waals surface area contributed by atoms with Gasteiger partial charge in [-0.1, -0.05) is 38.5 Å². The molecule has 1 heterocycles. The Labute approximate surface area is 277 Å². The Morgan fingerprint density at radius 2 is 0.977 bits per heavy atom. The Morgan fingerprint density at radius 1 is 0.614 bits per heavy atom. The lowest BCUT2D eigenvalue weighted by molar-refractivity contribution is -0.0242. The number of ether oxygens (including phenoxy) is 2. The van der Waals surface area contributed by atoms with Crippen LogP contribution in [0.4, 0.5) is 9.59 Å². The molecule has 44 heavy (non-hydrogen) atoms. The van der Waals surface area contributed by atoms with Crippen LogP contribution in [-0.2, 0) is 9.47 Å². The maximum absolute atomic E-state index is 12.0. The van der Waals surface area contributed by atoms with Gasteiger partial charge in [0.2, 0.25) is 0 Å². The van der Waals surface area contributed by atoms with E-state index in [1.54, 1.807) is 0 Å². The highest BCUT2D eigenvalue weighted by molar-refractivity contribution is 7.99. The first-order valence-electron chi connectivity index (χ1n) is 17.5. The number of piperazine rings is 1. The van der Waals surface area contributed by atoms with E-state index in [1.807, 2.05) is 65.1 Å². The van der Waals surface area contributed by atoms with Gasteiger partial charge in [-0.2, -0.15) is 23.5 Å². The van der Waals surface area contributed by atoms with Crippen molar-refractivity contribution in [3.8, 4) is 0 Å². The highest BCUT2D eigenvalue weighted by Gasteiger charge is 2.40. The van der Waals surface area contributed by atoms with Crippen molar-refractivity contribution in [2.24, 2.45) is 11.8 Å². The molecule has 1 saturated heterocycles. The van der Waals surface area contributed by atoms with Gasteiger partial charge in [0, 0.05) is 74.4 Å². The van der Waals surface area contributed by atoms with Gasteiger partial charge in [-0.15, -0.1) is 0 Å². The molecule has 0 bridgehead atoms. The third-order valence-corrected chi connectivity index (χ3v) is 11.0. The minimum absolute atomic E-state index is 0.320. The summed E-state index contributed by atoms with van der Waals surface area (Å²) >= 11 is 3.90. The molecule has 2 aliphatic carbocycles. The normalized spacial score (nSPS) is 23.3. The highest BCUT2D eigenvalue weighted by atomic mass is 32.2. The van der Waals surface area contributed by atoms with E-state index in [2.05, 4.69) is 20.4 Å². The zero-order valence-electron chi connectivity index (χ0n) is 28.8. The summed E-state index contributed by atoms with van der Waals surface area (Å²) < 4.78 is 10.8. The molecule has 1 aliphatic heterocycles. The Bertz CT molecular complexity index is 770. The number of carbonyl (C=O) groups is 2. The largest absolute Gasteiger partial charge is 0.444 e. The third kappa shape index (κ3) is 14.7. The van der Waals surface area contributed by atoms with Crippen LogP contribution in [0.1, 0.15) is 106 Å².